The molecule has 0 aliphatic carbocycles. The standard InChI is InChI=1S/C19H15Cl2NO2/c1-3-14(13-9-10-15(20)16(21)11-13)19(2)18(23)24-17(22-19)12-7-5-4-6-8-12/h3-11,14H,1H2,2H3/t14-,19+/m1/s1. The number of ether oxygens (including phenoxy) is 1. The Kier molecular flexibility index (Phi) is 4.48. The minimum absolute atomic E-state index is 0.315. The molecule has 0 fully saturated rings. The van der Waals surface area contributed by atoms with Crippen LogP contribution in [-0.2, 0) is 9.53 Å². The molecule has 1 heterocycles. The lowest BCUT2D eigenvalue weighted by Crippen LogP contribution is -2.36. The highest BCUT2D eigenvalue weighted by atomic mass is 35.5. The topological polar surface area (TPSA) is 38.7 Å². The molecule has 122 valence electrons. The smallest absolute Gasteiger partial charge is 0.341 e. The van der Waals surface area contributed by atoms with Crippen molar-refractivity contribution in [1.82, 2.24) is 0 Å². The van der Waals surface area contributed by atoms with E-state index in [1.807, 2.05) is 36.4 Å². The van der Waals surface area contributed by atoms with Gasteiger partial charge in [0, 0.05) is 11.5 Å². The van der Waals surface area contributed by atoms with Crippen LogP contribution in [0.25, 0.3) is 0 Å². The molecule has 24 heavy (non-hydrogen) atoms. The predicted molar refractivity (Wildman–Crippen MR) is 96.9 cm³/mol. The van der Waals surface area contributed by atoms with Gasteiger partial charge in [0.25, 0.3) is 0 Å². The van der Waals surface area contributed by atoms with E-state index in [1.54, 1.807) is 25.1 Å². The molecule has 0 radical (unpaired) electrons. The molecule has 0 spiro atoms. The van der Waals surface area contributed by atoms with Gasteiger partial charge in [-0.05, 0) is 36.8 Å². The van der Waals surface area contributed by atoms with Crippen LogP contribution in [-0.4, -0.2) is 17.4 Å². The summed E-state index contributed by atoms with van der Waals surface area (Å²) in [4.78, 5) is 17.1. The van der Waals surface area contributed by atoms with E-state index < -0.39 is 11.5 Å². The molecular formula is C19H15Cl2NO2. The number of esters is 1. The zero-order chi connectivity index (χ0) is 17.3. The number of nitrogens with zero attached hydrogens (tertiary/aromatic N) is 1. The summed E-state index contributed by atoms with van der Waals surface area (Å²) in [5.74, 6) is -0.492. The summed E-state index contributed by atoms with van der Waals surface area (Å²) >= 11 is 12.1. The van der Waals surface area contributed by atoms with Crippen LogP contribution in [0.15, 0.2) is 66.2 Å². The molecule has 2 atom stereocenters. The molecule has 0 aromatic heterocycles. The Morgan fingerprint density at radius 3 is 2.50 bits per heavy atom. The van der Waals surface area contributed by atoms with Gasteiger partial charge in [0.15, 0.2) is 5.54 Å². The lowest BCUT2D eigenvalue weighted by molar-refractivity contribution is -0.138. The van der Waals surface area contributed by atoms with E-state index in [0.717, 1.165) is 11.1 Å². The van der Waals surface area contributed by atoms with Crippen molar-refractivity contribution < 1.29 is 9.53 Å². The van der Waals surface area contributed by atoms with E-state index in [-0.39, 0.29) is 5.92 Å². The third-order valence-corrected chi connectivity index (χ3v) is 4.84. The summed E-state index contributed by atoms with van der Waals surface area (Å²) in [6.07, 6.45) is 1.68. The first-order valence-electron chi connectivity index (χ1n) is 7.41. The molecule has 0 amide bonds. The van der Waals surface area contributed by atoms with Gasteiger partial charge in [0.05, 0.1) is 10.0 Å². The first-order chi connectivity index (χ1) is 11.5. The van der Waals surface area contributed by atoms with Crippen molar-refractivity contribution in [3.05, 3.63) is 82.4 Å². The van der Waals surface area contributed by atoms with E-state index in [0.29, 0.717) is 15.9 Å². The largest absolute Gasteiger partial charge is 0.405 e. The Morgan fingerprint density at radius 2 is 1.88 bits per heavy atom. The summed E-state index contributed by atoms with van der Waals surface area (Å²) in [6.45, 7) is 5.59. The van der Waals surface area contributed by atoms with Gasteiger partial charge in [0.2, 0.25) is 5.90 Å². The van der Waals surface area contributed by atoms with Gasteiger partial charge in [0.1, 0.15) is 0 Å². The van der Waals surface area contributed by atoms with Crippen molar-refractivity contribution in [3.63, 3.8) is 0 Å². The minimum atomic E-state index is -1.11. The fourth-order valence-corrected chi connectivity index (χ4v) is 3.07. The normalized spacial score (nSPS) is 21.1. The highest BCUT2D eigenvalue weighted by Gasteiger charge is 2.47. The average molecular weight is 360 g/mol. The maximum absolute atomic E-state index is 12.6. The van der Waals surface area contributed by atoms with Crippen LogP contribution in [0.5, 0.6) is 0 Å². The summed E-state index contributed by atoms with van der Waals surface area (Å²) in [5, 5.41) is 0.874. The second kappa shape index (κ2) is 6.42. The second-order valence-corrected chi connectivity index (χ2v) is 6.52. The zero-order valence-corrected chi connectivity index (χ0v) is 14.5. The first kappa shape index (κ1) is 16.7. The number of hydrogen-bond donors (Lipinski definition) is 0. The van der Waals surface area contributed by atoms with Crippen LogP contribution >= 0.6 is 23.2 Å². The summed E-state index contributed by atoms with van der Waals surface area (Å²) < 4.78 is 5.43. The fraction of sp³-hybridized carbons (Fsp3) is 0.158. The van der Waals surface area contributed by atoms with Crippen molar-refractivity contribution in [3.8, 4) is 0 Å². The fourth-order valence-electron chi connectivity index (χ4n) is 2.77. The van der Waals surface area contributed by atoms with Crippen LogP contribution in [0, 0.1) is 0 Å². The third-order valence-electron chi connectivity index (χ3n) is 4.10. The second-order valence-electron chi connectivity index (χ2n) is 5.71. The summed E-state index contributed by atoms with van der Waals surface area (Å²) in [6, 6.07) is 14.6. The van der Waals surface area contributed by atoms with Gasteiger partial charge in [-0.15, -0.1) is 6.58 Å². The van der Waals surface area contributed by atoms with Gasteiger partial charge in [-0.1, -0.05) is 53.5 Å². The lowest BCUT2D eigenvalue weighted by Gasteiger charge is -2.25. The Morgan fingerprint density at radius 1 is 1.17 bits per heavy atom. The molecule has 3 nitrogen and oxygen atoms in total. The van der Waals surface area contributed by atoms with E-state index in [4.69, 9.17) is 27.9 Å². The third kappa shape index (κ3) is 2.85. The Hall–Kier alpha value is -2.10. The van der Waals surface area contributed by atoms with Crippen LogP contribution in [0.3, 0.4) is 0 Å². The molecular weight excluding hydrogens is 345 g/mol. The van der Waals surface area contributed by atoms with Gasteiger partial charge in [-0.3, -0.25) is 0 Å². The molecule has 2 aromatic rings. The quantitative estimate of drug-likeness (QED) is 0.567. The number of carbonyl (C=O) groups excluding carboxylic acids is 1. The van der Waals surface area contributed by atoms with Crippen LogP contribution in [0.2, 0.25) is 10.0 Å². The SMILES string of the molecule is C=C[C@H](c1ccc(Cl)c(Cl)c1)[C@]1(C)N=C(c2ccccc2)OC1=O. The van der Waals surface area contributed by atoms with Gasteiger partial charge < -0.3 is 4.74 Å². The van der Waals surface area contributed by atoms with Crippen LogP contribution in [0.4, 0.5) is 0 Å². The molecule has 1 aliphatic rings. The molecule has 2 aromatic carbocycles. The van der Waals surface area contributed by atoms with Gasteiger partial charge >= 0.3 is 5.97 Å². The number of halogens is 2. The van der Waals surface area contributed by atoms with Crippen molar-refractivity contribution in [2.45, 2.75) is 18.4 Å². The lowest BCUT2D eigenvalue weighted by atomic mass is 9.81. The number of benzene rings is 2. The van der Waals surface area contributed by atoms with E-state index in [1.165, 1.54) is 0 Å². The molecule has 0 unspecified atom stereocenters. The molecule has 3 rings (SSSR count). The van der Waals surface area contributed by atoms with E-state index >= 15 is 0 Å². The highest BCUT2D eigenvalue weighted by molar-refractivity contribution is 6.42. The van der Waals surface area contributed by atoms with E-state index in [2.05, 4.69) is 11.6 Å². The Balaban J connectivity index is 2.04. The monoisotopic (exact) mass is 359 g/mol. The maximum Gasteiger partial charge on any atom is 0.341 e. The van der Waals surface area contributed by atoms with Crippen molar-refractivity contribution in [2.24, 2.45) is 4.99 Å². The summed E-state index contributed by atoms with van der Waals surface area (Å²) in [7, 11) is 0. The van der Waals surface area contributed by atoms with E-state index in [9.17, 15) is 4.79 Å². The summed E-state index contributed by atoms with van der Waals surface area (Å²) in [5.41, 5.74) is 0.452. The zero-order valence-electron chi connectivity index (χ0n) is 13.0. The number of cyclic esters (lactones) is 1. The Labute approximate surface area is 150 Å². The molecule has 0 saturated carbocycles. The predicted octanol–water partition coefficient (Wildman–Crippen LogP) is 5.03. The molecule has 5 heteroatoms. The van der Waals surface area contributed by atoms with Crippen LogP contribution in [0.1, 0.15) is 24.0 Å². The van der Waals surface area contributed by atoms with Crippen molar-refractivity contribution >= 4 is 35.1 Å². The van der Waals surface area contributed by atoms with Crippen molar-refractivity contribution in [2.75, 3.05) is 0 Å². The Bertz CT molecular complexity index is 833. The molecule has 0 bridgehead atoms. The van der Waals surface area contributed by atoms with Gasteiger partial charge in [-0.2, -0.15) is 0 Å². The maximum atomic E-state index is 12.6. The highest BCUT2D eigenvalue weighted by Crippen LogP contribution is 2.39. The minimum Gasteiger partial charge on any atom is -0.405 e. The molecule has 0 saturated heterocycles. The van der Waals surface area contributed by atoms with Gasteiger partial charge in [-0.25, -0.2) is 9.79 Å². The molecule has 1 aliphatic heterocycles. The number of hydrogen-bond acceptors (Lipinski definition) is 3. The first-order valence-corrected chi connectivity index (χ1v) is 8.16. The number of carbonyl (C=O) groups is 1. The molecule has 0 N–H and O–H groups in total. The average Bonchev–Trinajstić information content (AvgIpc) is 2.88. The van der Waals surface area contributed by atoms with Crippen molar-refractivity contribution in [1.29, 1.82) is 0 Å². The van der Waals surface area contributed by atoms with Crippen LogP contribution < -0.4 is 0 Å². The number of rotatable bonds is 4. The number of aliphatic imine (C=N–C) groups is 1.